The molecule has 31 heavy (non-hydrogen) atoms. The first-order valence-corrected chi connectivity index (χ1v) is 10.3. The van der Waals surface area contributed by atoms with Crippen LogP contribution in [0.1, 0.15) is 23.6 Å². The molecule has 1 N–H and O–H groups in total. The van der Waals surface area contributed by atoms with Crippen LogP contribution < -0.4 is 0 Å². The molecule has 0 saturated heterocycles. The molecule has 0 spiro atoms. The number of ether oxygens (including phenoxy) is 1. The van der Waals surface area contributed by atoms with Gasteiger partial charge in [-0.3, -0.25) is 0 Å². The molecule has 3 aromatic carbocycles. The molecule has 0 amide bonds. The highest BCUT2D eigenvalue weighted by Gasteiger charge is 2.11. The number of benzene rings is 3. The van der Waals surface area contributed by atoms with E-state index in [0.29, 0.717) is 24.0 Å². The van der Waals surface area contributed by atoms with E-state index in [9.17, 15) is 14.3 Å². The molecule has 3 nitrogen and oxygen atoms in total. The van der Waals surface area contributed by atoms with Crippen molar-refractivity contribution in [3.63, 3.8) is 0 Å². The number of hydrogen-bond acceptors (Lipinski definition) is 3. The largest absolute Gasteiger partial charge is 0.462 e. The molecule has 0 fully saturated rings. The van der Waals surface area contributed by atoms with E-state index < -0.39 is 5.97 Å². The van der Waals surface area contributed by atoms with Crippen molar-refractivity contribution < 1.29 is 19.0 Å². The van der Waals surface area contributed by atoms with Crippen molar-refractivity contribution in [2.45, 2.75) is 26.7 Å². The quantitative estimate of drug-likeness (QED) is 0.379. The molecular formula is C27H27FO3. The summed E-state index contributed by atoms with van der Waals surface area (Å²) >= 11 is 0. The van der Waals surface area contributed by atoms with Crippen molar-refractivity contribution in [2.24, 2.45) is 0 Å². The number of halogens is 1. The van der Waals surface area contributed by atoms with Crippen LogP contribution in [0, 0.1) is 12.7 Å². The molecule has 0 aliphatic rings. The van der Waals surface area contributed by atoms with Gasteiger partial charge in [0.25, 0.3) is 0 Å². The highest BCUT2D eigenvalue weighted by atomic mass is 19.1. The van der Waals surface area contributed by atoms with Gasteiger partial charge < -0.3 is 9.84 Å². The number of aliphatic hydroxyl groups is 1. The molecule has 0 aliphatic carbocycles. The van der Waals surface area contributed by atoms with E-state index in [-0.39, 0.29) is 19.0 Å². The predicted molar refractivity (Wildman–Crippen MR) is 122 cm³/mol. The van der Waals surface area contributed by atoms with Crippen LogP contribution in [0.25, 0.3) is 22.3 Å². The zero-order valence-corrected chi connectivity index (χ0v) is 18.0. The number of aliphatic hydroxyl groups excluding tert-OH is 1. The van der Waals surface area contributed by atoms with E-state index in [1.807, 2.05) is 55.5 Å². The lowest BCUT2D eigenvalue weighted by Crippen LogP contribution is -2.09. The number of hydrogen-bond donors (Lipinski definition) is 1. The molecule has 0 heterocycles. The molecule has 4 heteroatoms. The maximum Gasteiger partial charge on any atom is 0.333 e. The zero-order valence-electron chi connectivity index (χ0n) is 18.0. The molecule has 0 atom stereocenters. The van der Waals surface area contributed by atoms with Crippen molar-refractivity contribution in [3.05, 3.63) is 95.3 Å². The molecular weight excluding hydrogens is 391 g/mol. The van der Waals surface area contributed by atoms with Crippen molar-refractivity contribution in [3.8, 4) is 22.3 Å². The fourth-order valence-electron chi connectivity index (χ4n) is 3.44. The maximum absolute atomic E-state index is 14.9. The van der Waals surface area contributed by atoms with Crippen LogP contribution in [0.5, 0.6) is 0 Å². The van der Waals surface area contributed by atoms with Crippen LogP contribution in [0.4, 0.5) is 4.39 Å². The Balaban J connectivity index is 1.86. The maximum atomic E-state index is 14.9. The summed E-state index contributed by atoms with van der Waals surface area (Å²) in [4.78, 5) is 11.6. The van der Waals surface area contributed by atoms with Gasteiger partial charge in [0, 0.05) is 24.2 Å². The number of carbonyl (C=O) groups is 1. The summed E-state index contributed by atoms with van der Waals surface area (Å²) in [5.41, 5.74) is 6.47. The molecule has 160 valence electrons. The second-order valence-corrected chi connectivity index (χ2v) is 7.68. The number of rotatable bonds is 8. The van der Waals surface area contributed by atoms with Crippen LogP contribution in [0.3, 0.4) is 0 Å². The molecule has 0 saturated carbocycles. The van der Waals surface area contributed by atoms with Crippen molar-refractivity contribution in [2.75, 3.05) is 13.2 Å². The lowest BCUT2D eigenvalue weighted by atomic mass is 9.94. The Labute approximate surface area is 182 Å². The monoisotopic (exact) mass is 418 g/mol. The van der Waals surface area contributed by atoms with Crippen LogP contribution in [0.15, 0.2) is 72.8 Å². The van der Waals surface area contributed by atoms with E-state index >= 15 is 0 Å². The Kier molecular flexibility index (Phi) is 7.37. The Morgan fingerprint density at radius 2 is 1.58 bits per heavy atom. The van der Waals surface area contributed by atoms with E-state index in [0.717, 1.165) is 33.4 Å². The predicted octanol–water partition coefficient (Wildman–Crippen LogP) is 5.66. The second kappa shape index (κ2) is 10.2. The summed E-state index contributed by atoms with van der Waals surface area (Å²) in [5.74, 6) is -0.702. The summed E-state index contributed by atoms with van der Waals surface area (Å²) in [6, 6.07) is 18.9. The van der Waals surface area contributed by atoms with Gasteiger partial charge in [-0.05, 0) is 54.2 Å². The first-order valence-electron chi connectivity index (χ1n) is 10.3. The SMILES string of the molecule is C=C(C)C(=O)OCCc1cc(-c2ccc(-c3ccc(C)cc3)c(F)c2)ccc1CCO. The molecule has 0 aromatic heterocycles. The van der Waals surface area contributed by atoms with Gasteiger partial charge in [-0.1, -0.05) is 66.7 Å². The zero-order chi connectivity index (χ0) is 22.4. The number of esters is 1. The van der Waals surface area contributed by atoms with Crippen LogP contribution in [-0.2, 0) is 22.4 Å². The third kappa shape index (κ3) is 5.68. The highest BCUT2D eigenvalue weighted by Crippen LogP contribution is 2.29. The van der Waals surface area contributed by atoms with Crippen molar-refractivity contribution in [1.29, 1.82) is 0 Å². The van der Waals surface area contributed by atoms with Gasteiger partial charge >= 0.3 is 5.97 Å². The molecule has 0 unspecified atom stereocenters. The normalized spacial score (nSPS) is 10.7. The lowest BCUT2D eigenvalue weighted by Gasteiger charge is -2.13. The first-order chi connectivity index (χ1) is 14.9. The topological polar surface area (TPSA) is 46.5 Å². The molecule has 0 bridgehead atoms. The number of aryl methyl sites for hydroxylation is 1. The van der Waals surface area contributed by atoms with Gasteiger partial charge in [-0.15, -0.1) is 0 Å². The van der Waals surface area contributed by atoms with E-state index in [2.05, 4.69) is 6.58 Å². The molecule has 0 aliphatic heterocycles. The Morgan fingerprint density at radius 1 is 0.935 bits per heavy atom. The third-order valence-corrected chi connectivity index (χ3v) is 5.21. The molecule has 3 rings (SSSR count). The van der Waals surface area contributed by atoms with E-state index in [4.69, 9.17) is 4.74 Å². The first kappa shape index (κ1) is 22.4. The minimum atomic E-state index is -0.423. The summed E-state index contributed by atoms with van der Waals surface area (Å²) in [6.07, 6.45) is 1.01. The van der Waals surface area contributed by atoms with Gasteiger partial charge in [0.15, 0.2) is 0 Å². The van der Waals surface area contributed by atoms with Gasteiger partial charge in [0.2, 0.25) is 0 Å². The molecule has 3 aromatic rings. The minimum Gasteiger partial charge on any atom is -0.462 e. The average Bonchev–Trinajstić information content (AvgIpc) is 2.75. The molecule has 0 radical (unpaired) electrons. The van der Waals surface area contributed by atoms with Crippen molar-refractivity contribution in [1.82, 2.24) is 0 Å². The summed E-state index contributed by atoms with van der Waals surface area (Å²) in [5, 5.41) is 9.36. The minimum absolute atomic E-state index is 0.0256. The average molecular weight is 419 g/mol. The van der Waals surface area contributed by atoms with Crippen LogP contribution in [-0.4, -0.2) is 24.3 Å². The number of carbonyl (C=O) groups excluding carboxylic acids is 1. The van der Waals surface area contributed by atoms with Gasteiger partial charge in [-0.25, -0.2) is 9.18 Å². The van der Waals surface area contributed by atoms with Crippen molar-refractivity contribution >= 4 is 5.97 Å². The highest BCUT2D eigenvalue weighted by molar-refractivity contribution is 5.86. The lowest BCUT2D eigenvalue weighted by molar-refractivity contribution is -0.138. The van der Waals surface area contributed by atoms with Crippen LogP contribution in [0.2, 0.25) is 0 Å². The second-order valence-electron chi connectivity index (χ2n) is 7.68. The van der Waals surface area contributed by atoms with E-state index in [1.54, 1.807) is 19.1 Å². The Hall–Kier alpha value is -3.24. The van der Waals surface area contributed by atoms with Gasteiger partial charge in [0.05, 0.1) is 6.61 Å². The van der Waals surface area contributed by atoms with Gasteiger partial charge in [-0.2, -0.15) is 0 Å². The van der Waals surface area contributed by atoms with Gasteiger partial charge in [0.1, 0.15) is 5.82 Å². The smallest absolute Gasteiger partial charge is 0.333 e. The standard InChI is InChI=1S/C27H27FO3/c1-18(2)27(30)31-15-13-24-16-22(9-8-20(24)12-14-29)23-10-11-25(26(28)17-23)21-6-4-19(3)5-7-21/h4-11,16-17,29H,1,12-15H2,2-3H3. The summed E-state index contributed by atoms with van der Waals surface area (Å²) < 4.78 is 20.1. The fourth-order valence-corrected chi connectivity index (χ4v) is 3.44. The fraction of sp³-hybridized carbons (Fsp3) is 0.222. The summed E-state index contributed by atoms with van der Waals surface area (Å²) in [7, 11) is 0. The summed E-state index contributed by atoms with van der Waals surface area (Å²) in [6.45, 7) is 7.43. The Morgan fingerprint density at radius 3 is 2.23 bits per heavy atom. The Bertz CT molecular complexity index is 1080. The van der Waals surface area contributed by atoms with Crippen LogP contribution >= 0.6 is 0 Å². The third-order valence-electron chi connectivity index (χ3n) is 5.21. The van der Waals surface area contributed by atoms with E-state index in [1.165, 1.54) is 0 Å².